The van der Waals surface area contributed by atoms with Gasteiger partial charge >= 0.3 is 5.97 Å². The number of ether oxygens (including phenoxy) is 2. The van der Waals surface area contributed by atoms with Gasteiger partial charge in [-0.3, -0.25) is 14.4 Å². The molecule has 2 N–H and O–H groups in total. The molecule has 1 aliphatic heterocycles. The summed E-state index contributed by atoms with van der Waals surface area (Å²) >= 11 is 6.26. The van der Waals surface area contributed by atoms with Gasteiger partial charge < -0.3 is 20.1 Å². The Hall–Kier alpha value is -4.63. The normalized spacial score (nSPS) is 12.9. The molecule has 40 heavy (non-hydrogen) atoms. The van der Waals surface area contributed by atoms with Crippen molar-refractivity contribution in [3.8, 4) is 5.75 Å². The standard InChI is InChI=1S/C30H28ClN3O6/c1-4-5-15-40-30(38)20-7-6-8-22(17-20)33-27(35)19-10-12-21(13-11-19)32-26-25(31)28(36)34(29(26)37)23-16-18(2)9-14-24(23)39-3/h6-14,16-17,32H,4-5,15H2,1-3H3,(H,33,35). The van der Waals surface area contributed by atoms with Crippen LogP contribution >= 0.6 is 11.6 Å². The molecule has 206 valence electrons. The molecular weight excluding hydrogens is 534 g/mol. The number of imide groups is 1. The molecule has 0 aromatic heterocycles. The van der Waals surface area contributed by atoms with Gasteiger partial charge in [0.2, 0.25) is 0 Å². The lowest BCUT2D eigenvalue weighted by atomic mass is 10.1. The zero-order valence-electron chi connectivity index (χ0n) is 22.2. The lowest BCUT2D eigenvalue weighted by Gasteiger charge is -2.18. The summed E-state index contributed by atoms with van der Waals surface area (Å²) in [7, 11) is 1.45. The van der Waals surface area contributed by atoms with Gasteiger partial charge in [0, 0.05) is 16.9 Å². The van der Waals surface area contributed by atoms with E-state index in [1.165, 1.54) is 7.11 Å². The minimum absolute atomic E-state index is 0.0879. The number of hydrogen-bond donors (Lipinski definition) is 2. The van der Waals surface area contributed by atoms with E-state index in [9.17, 15) is 19.2 Å². The summed E-state index contributed by atoms with van der Waals surface area (Å²) < 4.78 is 10.6. The van der Waals surface area contributed by atoms with Gasteiger partial charge in [-0.15, -0.1) is 0 Å². The van der Waals surface area contributed by atoms with Crippen LogP contribution in [0.3, 0.4) is 0 Å². The maximum absolute atomic E-state index is 13.2. The van der Waals surface area contributed by atoms with Gasteiger partial charge in [0.25, 0.3) is 17.7 Å². The molecule has 3 aromatic carbocycles. The van der Waals surface area contributed by atoms with Crippen LogP contribution in [0.1, 0.15) is 46.0 Å². The molecule has 1 heterocycles. The summed E-state index contributed by atoms with van der Waals surface area (Å²) in [4.78, 5) is 52.0. The summed E-state index contributed by atoms with van der Waals surface area (Å²) in [6.45, 7) is 4.18. The van der Waals surface area contributed by atoms with Gasteiger partial charge in [-0.05, 0) is 73.5 Å². The molecule has 4 rings (SSSR count). The zero-order valence-corrected chi connectivity index (χ0v) is 23.0. The predicted octanol–water partition coefficient (Wildman–Crippen LogP) is 5.65. The molecular formula is C30H28ClN3O6. The summed E-state index contributed by atoms with van der Waals surface area (Å²) in [5.41, 5.74) is 2.60. The van der Waals surface area contributed by atoms with E-state index in [1.54, 1.807) is 66.7 Å². The summed E-state index contributed by atoms with van der Waals surface area (Å²) in [5, 5.41) is 5.39. The molecule has 0 aliphatic carbocycles. The summed E-state index contributed by atoms with van der Waals surface area (Å²) in [6, 6.07) is 17.9. The van der Waals surface area contributed by atoms with Crippen molar-refractivity contribution >= 4 is 52.4 Å². The predicted molar refractivity (Wildman–Crippen MR) is 153 cm³/mol. The fraction of sp³-hybridized carbons (Fsp3) is 0.200. The van der Waals surface area contributed by atoms with Crippen LogP contribution in [0.2, 0.25) is 0 Å². The minimum atomic E-state index is -0.675. The zero-order chi connectivity index (χ0) is 28.8. The van der Waals surface area contributed by atoms with Gasteiger partial charge in [0.05, 0.1) is 25.0 Å². The van der Waals surface area contributed by atoms with Gasteiger partial charge in [0.1, 0.15) is 16.5 Å². The Morgan fingerprint density at radius 1 is 0.925 bits per heavy atom. The van der Waals surface area contributed by atoms with E-state index >= 15 is 0 Å². The number of amides is 3. The van der Waals surface area contributed by atoms with Crippen LogP contribution in [0.5, 0.6) is 5.75 Å². The fourth-order valence-electron chi connectivity index (χ4n) is 3.97. The molecule has 10 heteroatoms. The molecule has 0 saturated heterocycles. The Morgan fingerprint density at radius 3 is 2.38 bits per heavy atom. The molecule has 0 atom stereocenters. The van der Waals surface area contributed by atoms with E-state index < -0.39 is 23.7 Å². The number of nitrogens with zero attached hydrogens (tertiary/aromatic N) is 1. The average Bonchev–Trinajstić information content (AvgIpc) is 3.16. The average molecular weight is 562 g/mol. The molecule has 3 aromatic rings. The first kappa shape index (κ1) is 28.4. The van der Waals surface area contributed by atoms with Crippen molar-refractivity contribution in [2.45, 2.75) is 26.7 Å². The number of nitrogens with one attached hydrogen (secondary N) is 2. The first-order chi connectivity index (χ1) is 19.2. The number of hydrogen-bond acceptors (Lipinski definition) is 7. The summed E-state index contributed by atoms with van der Waals surface area (Å²) in [5.74, 6) is -1.80. The highest BCUT2D eigenvalue weighted by molar-refractivity contribution is 6.53. The SMILES string of the molecule is CCCCOC(=O)c1cccc(NC(=O)c2ccc(NC3=C(Cl)C(=O)N(c4cc(C)ccc4OC)C3=O)cc2)c1. The molecule has 9 nitrogen and oxygen atoms in total. The van der Waals surface area contributed by atoms with Gasteiger partial charge in [-0.25, -0.2) is 9.69 Å². The Labute approximate surface area is 236 Å². The molecule has 0 radical (unpaired) electrons. The molecule has 0 saturated carbocycles. The van der Waals surface area contributed by atoms with E-state index in [0.29, 0.717) is 34.9 Å². The van der Waals surface area contributed by atoms with Crippen molar-refractivity contribution in [2.75, 3.05) is 29.3 Å². The monoisotopic (exact) mass is 561 g/mol. The van der Waals surface area contributed by atoms with E-state index in [4.69, 9.17) is 21.1 Å². The smallest absolute Gasteiger partial charge is 0.338 e. The van der Waals surface area contributed by atoms with E-state index in [2.05, 4.69) is 10.6 Å². The Bertz CT molecular complexity index is 1500. The molecule has 3 amide bonds. The van der Waals surface area contributed by atoms with Crippen molar-refractivity contribution in [1.29, 1.82) is 0 Å². The second-order valence-electron chi connectivity index (χ2n) is 9.04. The van der Waals surface area contributed by atoms with Crippen LogP contribution in [0.4, 0.5) is 17.1 Å². The number of anilines is 3. The van der Waals surface area contributed by atoms with Gasteiger partial charge in [0.15, 0.2) is 0 Å². The van der Waals surface area contributed by atoms with E-state index in [-0.39, 0.29) is 16.4 Å². The maximum Gasteiger partial charge on any atom is 0.338 e. The molecule has 0 unspecified atom stereocenters. The van der Waals surface area contributed by atoms with E-state index in [1.807, 2.05) is 13.8 Å². The van der Waals surface area contributed by atoms with Gasteiger partial charge in [-0.2, -0.15) is 0 Å². The number of rotatable bonds is 10. The second kappa shape index (κ2) is 12.5. The van der Waals surface area contributed by atoms with Crippen LogP contribution in [0.15, 0.2) is 77.5 Å². The van der Waals surface area contributed by atoms with Crippen molar-refractivity contribution in [1.82, 2.24) is 0 Å². The Balaban J connectivity index is 1.44. The highest BCUT2D eigenvalue weighted by Crippen LogP contribution is 2.36. The van der Waals surface area contributed by atoms with Crippen LogP contribution < -0.4 is 20.3 Å². The number of halogens is 1. The topological polar surface area (TPSA) is 114 Å². The number of carbonyl (C=O) groups is 4. The molecule has 0 spiro atoms. The van der Waals surface area contributed by atoms with Crippen molar-refractivity contribution in [2.24, 2.45) is 0 Å². The van der Waals surface area contributed by atoms with Crippen LogP contribution in [-0.4, -0.2) is 37.4 Å². The lowest BCUT2D eigenvalue weighted by Crippen LogP contribution is -2.32. The third-order valence-corrected chi connectivity index (χ3v) is 6.46. The second-order valence-corrected chi connectivity index (χ2v) is 9.41. The third-order valence-electron chi connectivity index (χ3n) is 6.11. The van der Waals surface area contributed by atoms with Crippen LogP contribution in [0.25, 0.3) is 0 Å². The quantitative estimate of drug-likeness (QED) is 0.187. The van der Waals surface area contributed by atoms with Crippen molar-refractivity contribution in [3.63, 3.8) is 0 Å². The van der Waals surface area contributed by atoms with E-state index in [0.717, 1.165) is 23.3 Å². The van der Waals surface area contributed by atoms with Crippen LogP contribution in [-0.2, 0) is 14.3 Å². The highest BCUT2D eigenvalue weighted by Gasteiger charge is 2.40. The Kier molecular flexibility index (Phi) is 8.86. The lowest BCUT2D eigenvalue weighted by molar-refractivity contribution is -0.120. The molecule has 0 fully saturated rings. The van der Waals surface area contributed by atoms with Gasteiger partial charge in [-0.1, -0.05) is 37.1 Å². The number of unbranched alkanes of at least 4 members (excludes halogenated alkanes) is 1. The Morgan fingerprint density at radius 2 is 1.68 bits per heavy atom. The maximum atomic E-state index is 13.2. The number of aryl methyl sites for hydroxylation is 1. The van der Waals surface area contributed by atoms with Crippen LogP contribution in [0, 0.1) is 6.92 Å². The first-order valence-corrected chi connectivity index (χ1v) is 13.0. The molecule has 0 bridgehead atoms. The largest absolute Gasteiger partial charge is 0.495 e. The number of methoxy groups -OCH3 is 1. The van der Waals surface area contributed by atoms with Crippen molar-refractivity contribution < 1.29 is 28.7 Å². The summed E-state index contributed by atoms with van der Waals surface area (Å²) in [6.07, 6.45) is 1.69. The first-order valence-electron chi connectivity index (χ1n) is 12.6. The molecule has 1 aliphatic rings. The number of carbonyl (C=O) groups excluding carboxylic acids is 4. The number of benzene rings is 3. The minimum Gasteiger partial charge on any atom is -0.495 e. The third kappa shape index (κ3) is 6.16. The highest BCUT2D eigenvalue weighted by atomic mass is 35.5. The fourth-order valence-corrected chi connectivity index (χ4v) is 4.19. The number of esters is 1. The van der Waals surface area contributed by atoms with Crippen molar-refractivity contribution in [3.05, 3.63) is 94.1 Å².